The lowest BCUT2D eigenvalue weighted by molar-refractivity contribution is -0.116. The fourth-order valence-corrected chi connectivity index (χ4v) is 6.53. The second-order valence-corrected chi connectivity index (χ2v) is 11.6. The van der Waals surface area contributed by atoms with Crippen LogP contribution in [0.3, 0.4) is 0 Å². The van der Waals surface area contributed by atoms with Crippen LogP contribution in [-0.4, -0.2) is 32.0 Å². The van der Waals surface area contributed by atoms with Crippen molar-refractivity contribution in [1.82, 2.24) is 19.8 Å². The van der Waals surface area contributed by atoms with Crippen molar-refractivity contribution in [3.05, 3.63) is 124 Å². The molecule has 0 spiro atoms. The number of benzene rings is 3. The summed E-state index contributed by atoms with van der Waals surface area (Å²) in [5.41, 5.74) is 7.22. The van der Waals surface area contributed by atoms with Crippen molar-refractivity contribution in [3.8, 4) is 5.69 Å². The second kappa shape index (κ2) is 11.6. The molecule has 0 unspecified atom stereocenters. The molecule has 212 valence electrons. The number of thiocarbonyl (C=S) groups is 1. The molecule has 0 bridgehead atoms. The number of carbonyl (C=O) groups is 1. The number of rotatable bonds is 7. The van der Waals surface area contributed by atoms with Gasteiger partial charge in [0.05, 0.1) is 17.8 Å². The van der Waals surface area contributed by atoms with E-state index in [9.17, 15) is 4.79 Å². The summed E-state index contributed by atoms with van der Waals surface area (Å²) >= 11 is 12.3. The van der Waals surface area contributed by atoms with Crippen molar-refractivity contribution in [1.29, 1.82) is 0 Å². The number of nitrogens with one attached hydrogen (secondary N) is 2. The minimum absolute atomic E-state index is 0.0609. The molecule has 1 aliphatic heterocycles. The Balaban J connectivity index is 1.33. The number of anilines is 1. The molecule has 3 heterocycles. The minimum atomic E-state index is -0.172. The predicted octanol–water partition coefficient (Wildman–Crippen LogP) is 7.61. The van der Waals surface area contributed by atoms with Gasteiger partial charge in [0.1, 0.15) is 0 Å². The van der Waals surface area contributed by atoms with Gasteiger partial charge in [-0.05, 0) is 85.9 Å². The zero-order valence-corrected chi connectivity index (χ0v) is 25.3. The van der Waals surface area contributed by atoms with Gasteiger partial charge in [-0.15, -0.1) is 0 Å². The van der Waals surface area contributed by atoms with Crippen molar-refractivity contribution in [3.63, 3.8) is 0 Å². The van der Waals surface area contributed by atoms with E-state index >= 15 is 0 Å². The minimum Gasteiger partial charge on any atom is -0.352 e. The SMILES string of the molecule is Cc1ccc(Cl)cc1-n1c(C)cc([C@@H]2[C@@H](c3ccccn3)NC(=S)N2CCC(=O)Nc2cccc3ccccc23)c1C. The van der Waals surface area contributed by atoms with E-state index in [-0.39, 0.29) is 24.4 Å². The molecular weight excluding hydrogens is 562 g/mol. The van der Waals surface area contributed by atoms with E-state index in [0.717, 1.165) is 50.4 Å². The molecule has 1 amide bonds. The van der Waals surface area contributed by atoms with E-state index in [2.05, 4.69) is 51.9 Å². The smallest absolute Gasteiger partial charge is 0.226 e. The molecule has 0 saturated carbocycles. The number of hydrogen-bond donors (Lipinski definition) is 2. The first-order valence-electron chi connectivity index (χ1n) is 14.0. The monoisotopic (exact) mass is 593 g/mol. The van der Waals surface area contributed by atoms with Gasteiger partial charge in [0.15, 0.2) is 5.11 Å². The highest BCUT2D eigenvalue weighted by molar-refractivity contribution is 7.80. The van der Waals surface area contributed by atoms with Gasteiger partial charge < -0.3 is 20.1 Å². The summed E-state index contributed by atoms with van der Waals surface area (Å²) in [5, 5.41) is 10.0. The number of carbonyl (C=O) groups excluding carboxylic acids is 1. The van der Waals surface area contributed by atoms with E-state index in [1.165, 1.54) is 0 Å². The lowest BCUT2D eigenvalue weighted by atomic mass is 9.96. The number of fused-ring (bicyclic) bond motifs is 1. The lowest BCUT2D eigenvalue weighted by Gasteiger charge is -2.28. The summed E-state index contributed by atoms with van der Waals surface area (Å²) < 4.78 is 2.25. The summed E-state index contributed by atoms with van der Waals surface area (Å²) in [6, 6.07) is 27.8. The molecule has 6 nitrogen and oxygen atoms in total. The largest absolute Gasteiger partial charge is 0.352 e. The van der Waals surface area contributed by atoms with Crippen molar-refractivity contribution in [2.24, 2.45) is 0 Å². The highest BCUT2D eigenvalue weighted by Crippen LogP contribution is 2.42. The van der Waals surface area contributed by atoms with Gasteiger partial charge in [-0.1, -0.05) is 60.1 Å². The molecule has 6 rings (SSSR count). The molecule has 0 radical (unpaired) electrons. The summed E-state index contributed by atoms with van der Waals surface area (Å²) in [6.45, 7) is 6.78. The molecule has 2 N–H and O–H groups in total. The van der Waals surface area contributed by atoms with E-state index in [1.54, 1.807) is 6.20 Å². The molecule has 8 heteroatoms. The molecule has 1 aliphatic rings. The Morgan fingerprint density at radius 2 is 1.79 bits per heavy atom. The molecular formula is C34H32ClN5OS. The zero-order chi connectivity index (χ0) is 29.4. The number of hydrogen-bond acceptors (Lipinski definition) is 3. The van der Waals surface area contributed by atoms with Crippen LogP contribution in [0.25, 0.3) is 16.5 Å². The molecule has 0 aliphatic carbocycles. The van der Waals surface area contributed by atoms with Crippen molar-refractivity contribution in [2.45, 2.75) is 39.3 Å². The van der Waals surface area contributed by atoms with Gasteiger partial charge in [0, 0.05) is 52.3 Å². The van der Waals surface area contributed by atoms with Crippen molar-refractivity contribution >= 4 is 51.3 Å². The fourth-order valence-electron chi connectivity index (χ4n) is 6.04. The van der Waals surface area contributed by atoms with Gasteiger partial charge in [-0.25, -0.2) is 0 Å². The lowest BCUT2D eigenvalue weighted by Crippen LogP contribution is -2.33. The van der Waals surface area contributed by atoms with Crippen molar-refractivity contribution < 1.29 is 4.79 Å². The fraction of sp³-hybridized carbons (Fsp3) is 0.206. The van der Waals surface area contributed by atoms with Gasteiger partial charge in [0.25, 0.3) is 0 Å². The molecule has 5 aromatic rings. The summed E-state index contributed by atoms with van der Waals surface area (Å²) in [6.07, 6.45) is 2.08. The molecule has 42 heavy (non-hydrogen) atoms. The molecule has 2 atom stereocenters. The highest BCUT2D eigenvalue weighted by atomic mass is 35.5. The maximum Gasteiger partial charge on any atom is 0.226 e. The Morgan fingerprint density at radius 1 is 1.00 bits per heavy atom. The Hall–Kier alpha value is -4.20. The molecule has 2 aromatic heterocycles. The van der Waals surface area contributed by atoms with E-state index < -0.39 is 0 Å². The van der Waals surface area contributed by atoms with Gasteiger partial charge in [0.2, 0.25) is 5.91 Å². The zero-order valence-electron chi connectivity index (χ0n) is 23.8. The third-order valence-corrected chi connectivity index (χ3v) is 8.63. The van der Waals surface area contributed by atoms with E-state index in [1.807, 2.05) is 78.9 Å². The van der Waals surface area contributed by atoms with Gasteiger partial charge >= 0.3 is 0 Å². The van der Waals surface area contributed by atoms with Crippen LogP contribution in [-0.2, 0) is 4.79 Å². The second-order valence-electron chi connectivity index (χ2n) is 10.7. The number of amides is 1. The number of aryl methyl sites for hydroxylation is 2. The summed E-state index contributed by atoms with van der Waals surface area (Å²) in [5.74, 6) is -0.0609. The first-order valence-corrected chi connectivity index (χ1v) is 14.8. The highest BCUT2D eigenvalue weighted by Gasteiger charge is 2.41. The Morgan fingerprint density at radius 3 is 2.60 bits per heavy atom. The molecule has 1 fully saturated rings. The third kappa shape index (κ3) is 5.26. The maximum absolute atomic E-state index is 13.3. The first kappa shape index (κ1) is 27.9. The van der Waals surface area contributed by atoms with Crippen LogP contribution >= 0.6 is 23.8 Å². The van der Waals surface area contributed by atoms with Crippen LogP contribution < -0.4 is 10.6 Å². The average Bonchev–Trinajstić information content (AvgIpc) is 3.47. The van der Waals surface area contributed by atoms with Crippen LogP contribution in [0.15, 0.2) is 91.1 Å². The summed E-state index contributed by atoms with van der Waals surface area (Å²) in [4.78, 5) is 20.1. The van der Waals surface area contributed by atoms with Gasteiger partial charge in [-0.3, -0.25) is 9.78 Å². The third-order valence-electron chi connectivity index (χ3n) is 8.04. The normalized spacial score (nSPS) is 16.6. The first-order chi connectivity index (χ1) is 20.3. The number of halogens is 1. The number of aromatic nitrogens is 2. The van der Waals surface area contributed by atoms with Crippen LogP contribution in [0.1, 0.15) is 46.7 Å². The van der Waals surface area contributed by atoms with Crippen LogP contribution in [0.4, 0.5) is 5.69 Å². The average molecular weight is 594 g/mol. The van der Waals surface area contributed by atoms with Crippen LogP contribution in [0.2, 0.25) is 5.02 Å². The van der Waals surface area contributed by atoms with E-state index in [0.29, 0.717) is 16.7 Å². The Labute approximate surface area is 256 Å². The summed E-state index contributed by atoms with van der Waals surface area (Å²) in [7, 11) is 0. The van der Waals surface area contributed by atoms with Crippen LogP contribution in [0.5, 0.6) is 0 Å². The van der Waals surface area contributed by atoms with Crippen LogP contribution in [0, 0.1) is 20.8 Å². The maximum atomic E-state index is 13.3. The Kier molecular flexibility index (Phi) is 7.71. The quantitative estimate of drug-likeness (QED) is 0.190. The van der Waals surface area contributed by atoms with Gasteiger partial charge in [-0.2, -0.15) is 0 Å². The van der Waals surface area contributed by atoms with E-state index in [4.69, 9.17) is 23.8 Å². The molecule has 1 saturated heterocycles. The predicted molar refractivity (Wildman–Crippen MR) is 174 cm³/mol. The standard InChI is InChI=1S/C34H32ClN5OS/c1-21-14-15-25(35)20-30(21)40-22(2)19-27(23(40)3)33-32(29-12-6-7-17-36-29)38-34(42)39(33)18-16-31(41)37-28-13-8-10-24-9-4-5-11-26(24)28/h4-15,17,19-20,32-33H,16,18H2,1-3H3,(H,37,41)(H,38,42)/t32-,33-/m1/s1. The topological polar surface area (TPSA) is 62.2 Å². The number of nitrogens with zero attached hydrogens (tertiary/aromatic N) is 3. The number of pyridine rings is 1. The molecule has 3 aromatic carbocycles. The van der Waals surface area contributed by atoms with Crippen molar-refractivity contribution in [2.75, 3.05) is 11.9 Å². The Bertz CT molecular complexity index is 1800.